The van der Waals surface area contributed by atoms with Gasteiger partial charge in [-0.25, -0.2) is 0 Å². The molecule has 0 aliphatic carbocycles. The Bertz CT molecular complexity index is 157. The third kappa shape index (κ3) is 5.64. The first kappa shape index (κ1) is 12.4. The van der Waals surface area contributed by atoms with E-state index < -0.39 is 0 Å². The summed E-state index contributed by atoms with van der Waals surface area (Å²) in [5.74, 6) is 0.573. The lowest BCUT2D eigenvalue weighted by atomic mass is 10.0. The van der Waals surface area contributed by atoms with E-state index in [4.69, 9.17) is 5.73 Å². The molecule has 1 unspecified atom stereocenters. The molecule has 3 heteroatoms. The van der Waals surface area contributed by atoms with E-state index >= 15 is 0 Å². The molecule has 0 bridgehead atoms. The van der Waals surface area contributed by atoms with Gasteiger partial charge in [-0.05, 0) is 25.7 Å². The molecule has 78 valence electrons. The molecule has 0 aromatic rings. The summed E-state index contributed by atoms with van der Waals surface area (Å²) in [6.07, 6.45) is 1.70. The van der Waals surface area contributed by atoms with Crippen LogP contribution in [0.2, 0.25) is 0 Å². The number of hydrogen-bond donors (Lipinski definition) is 2. The van der Waals surface area contributed by atoms with Gasteiger partial charge < -0.3 is 11.1 Å². The van der Waals surface area contributed by atoms with E-state index in [1.165, 1.54) is 0 Å². The van der Waals surface area contributed by atoms with Crippen molar-refractivity contribution in [1.29, 1.82) is 0 Å². The normalized spacial score (nSPS) is 15.5. The second-order valence-corrected chi connectivity index (χ2v) is 4.05. The maximum Gasteiger partial charge on any atom is 0.237 e. The number of nitrogens with two attached hydrogens (primary N) is 1. The second-order valence-electron chi connectivity index (χ2n) is 4.05. The number of carbonyl (C=O) groups excluding carboxylic acids is 1. The van der Waals surface area contributed by atoms with Crippen LogP contribution in [0.25, 0.3) is 0 Å². The second kappa shape index (κ2) is 5.97. The van der Waals surface area contributed by atoms with Gasteiger partial charge in [-0.3, -0.25) is 4.79 Å². The molecule has 0 fully saturated rings. The predicted octanol–water partition coefficient (Wildman–Crippen LogP) is 1.27. The van der Waals surface area contributed by atoms with Gasteiger partial charge in [0.1, 0.15) is 0 Å². The third-order valence-electron chi connectivity index (χ3n) is 1.99. The molecule has 0 aliphatic heterocycles. The average Bonchev–Trinajstić information content (AvgIpc) is 2.01. The highest BCUT2D eigenvalue weighted by Gasteiger charge is 2.13. The quantitative estimate of drug-likeness (QED) is 0.679. The molecule has 3 N–H and O–H groups in total. The van der Waals surface area contributed by atoms with E-state index in [1.54, 1.807) is 0 Å². The zero-order valence-electron chi connectivity index (χ0n) is 9.13. The predicted molar refractivity (Wildman–Crippen MR) is 55.3 cm³/mol. The molecular weight excluding hydrogens is 164 g/mol. The van der Waals surface area contributed by atoms with Gasteiger partial charge in [0.25, 0.3) is 0 Å². The fraction of sp³-hybridized carbons (Fsp3) is 0.900. The first-order valence-electron chi connectivity index (χ1n) is 5.03. The zero-order chi connectivity index (χ0) is 10.4. The average molecular weight is 186 g/mol. The molecule has 0 spiro atoms. The molecule has 0 aromatic carbocycles. The van der Waals surface area contributed by atoms with Gasteiger partial charge in [0.05, 0.1) is 6.04 Å². The molecule has 0 rings (SSSR count). The van der Waals surface area contributed by atoms with Crippen LogP contribution in [0.1, 0.15) is 40.5 Å². The molecule has 0 saturated carbocycles. The van der Waals surface area contributed by atoms with Crippen molar-refractivity contribution in [2.75, 3.05) is 0 Å². The van der Waals surface area contributed by atoms with Crippen LogP contribution in [0.4, 0.5) is 0 Å². The van der Waals surface area contributed by atoms with Gasteiger partial charge in [-0.1, -0.05) is 20.8 Å². The van der Waals surface area contributed by atoms with E-state index in [2.05, 4.69) is 19.2 Å². The van der Waals surface area contributed by atoms with Crippen molar-refractivity contribution < 1.29 is 4.79 Å². The van der Waals surface area contributed by atoms with E-state index in [1.807, 2.05) is 13.8 Å². The molecule has 0 saturated heterocycles. The Balaban J connectivity index is 3.77. The van der Waals surface area contributed by atoms with Crippen molar-refractivity contribution in [3.8, 4) is 0 Å². The van der Waals surface area contributed by atoms with Crippen LogP contribution in [0.15, 0.2) is 0 Å². The lowest BCUT2D eigenvalue weighted by Gasteiger charge is -2.18. The Morgan fingerprint density at radius 1 is 1.38 bits per heavy atom. The van der Waals surface area contributed by atoms with E-state index in [0.29, 0.717) is 12.3 Å². The molecular formula is C10H22N2O. The van der Waals surface area contributed by atoms with Gasteiger partial charge in [-0.2, -0.15) is 0 Å². The highest BCUT2D eigenvalue weighted by atomic mass is 16.2. The van der Waals surface area contributed by atoms with Crippen LogP contribution in [0.3, 0.4) is 0 Å². The molecule has 1 amide bonds. The van der Waals surface area contributed by atoms with Crippen molar-refractivity contribution >= 4 is 5.91 Å². The van der Waals surface area contributed by atoms with E-state index in [0.717, 1.165) is 6.42 Å². The standard InChI is InChI=1S/C10H22N2O/c1-5-9(11)10(13)12-8(4)6-7(2)3/h7-9H,5-6,11H2,1-4H3,(H,12,13)/t8?,9-/m0/s1. The molecule has 2 atom stereocenters. The zero-order valence-corrected chi connectivity index (χ0v) is 9.13. The minimum atomic E-state index is -0.352. The van der Waals surface area contributed by atoms with Crippen LogP contribution >= 0.6 is 0 Å². The lowest BCUT2D eigenvalue weighted by Crippen LogP contribution is -2.44. The Morgan fingerprint density at radius 3 is 2.31 bits per heavy atom. The molecule has 3 nitrogen and oxygen atoms in total. The van der Waals surface area contributed by atoms with Crippen molar-refractivity contribution in [3.05, 3.63) is 0 Å². The van der Waals surface area contributed by atoms with Crippen LogP contribution in [-0.2, 0) is 4.79 Å². The Morgan fingerprint density at radius 2 is 1.92 bits per heavy atom. The Hall–Kier alpha value is -0.570. The molecule has 13 heavy (non-hydrogen) atoms. The summed E-state index contributed by atoms with van der Waals surface area (Å²) in [4.78, 5) is 11.3. The summed E-state index contributed by atoms with van der Waals surface area (Å²) in [5, 5.41) is 2.90. The fourth-order valence-electron chi connectivity index (χ4n) is 1.30. The van der Waals surface area contributed by atoms with Crippen LogP contribution in [0.5, 0.6) is 0 Å². The van der Waals surface area contributed by atoms with Gasteiger partial charge in [0, 0.05) is 6.04 Å². The number of hydrogen-bond acceptors (Lipinski definition) is 2. The van der Waals surface area contributed by atoms with Crippen LogP contribution < -0.4 is 11.1 Å². The number of carbonyl (C=O) groups is 1. The van der Waals surface area contributed by atoms with Crippen LogP contribution in [0, 0.1) is 5.92 Å². The Labute approximate surface area is 81.1 Å². The number of nitrogens with one attached hydrogen (secondary N) is 1. The number of rotatable bonds is 5. The van der Waals surface area contributed by atoms with Crippen molar-refractivity contribution in [2.45, 2.75) is 52.6 Å². The topological polar surface area (TPSA) is 55.1 Å². The molecule has 0 heterocycles. The van der Waals surface area contributed by atoms with Crippen molar-refractivity contribution in [1.82, 2.24) is 5.32 Å². The first-order chi connectivity index (χ1) is 5.97. The monoisotopic (exact) mass is 186 g/mol. The van der Waals surface area contributed by atoms with Crippen LogP contribution in [-0.4, -0.2) is 18.0 Å². The maximum absolute atomic E-state index is 11.3. The van der Waals surface area contributed by atoms with Crippen molar-refractivity contribution in [3.63, 3.8) is 0 Å². The van der Waals surface area contributed by atoms with Gasteiger partial charge in [0.2, 0.25) is 5.91 Å². The van der Waals surface area contributed by atoms with Gasteiger partial charge in [0.15, 0.2) is 0 Å². The van der Waals surface area contributed by atoms with Gasteiger partial charge in [-0.15, -0.1) is 0 Å². The number of amides is 1. The minimum Gasteiger partial charge on any atom is -0.352 e. The molecule has 0 aliphatic rings. The third-order valence-corrected chi connectivity index (χ3v) is 1.99. The minimum absolute atomic E-state index is 0.0318. The summed E-state index contributed by atoms with van der Waals surface area (Å²) in [5.41, 5.74) is 5.58. The van der Waals surface area contributed by atoms with E-state index in [9.17, 15) is 4.79 Å². The van der Waals surface area contributed by atoms with Gasteiger partial charge >= 0.3 is 0 Å². The highest BCUT2D eigenvalue weighted by Crippen LogP contribution is 2.03. The summed E-state index contributed by atoms with van der Waals surface area (Å²) in [6.45, 7) is 8.21. The summed E-state index contributed by atoms with van der Waals surface area (Å²) in [6, 6.07) is -0.125. The largest absolute Gasteiger partial charge is 0.352 e. The summed E-state index contributed by atoms with van der Waals surface area (Å²) in [7, 11) is 0. The molecule has 0 aromatic heterocycles. The smallest absolute Gasteiger partial charge is 0.237 e. The molecule has 0 radical (unpaired) electrons. The van der Waals surface area contributed by atoms with Crippen molar-refractivity contribution in [2.24, 2.45) is 11.7 Å². The highest BCUT2D eigenvalue weighted by molar-refractivity contribution is 5.81. The SMILES string of the molecule is CC[C@H](N)C(=O)NC(C)CC(C)C. The summed E-state index contributed by atoms with van der Waals surface area (Å²) >= 11 is 0. The lowest BCUT2D eigenvalue weighted by molar-refractivity contribution is -0.123. The maximum atomic E-state index is 11.3. The Kier molecular flexibility index (Phi) is 5.71. The summed E-state index contributed by atoms with van der Waals surface area (Å²) < 4.78 is 0. The first-order valence-corrected chi connectivity index (χ1v) is 5.03. The fourth-order valence-corrected chi connectivity index (χ4v) is 1.30. The van der Waals surface area contributed by atoms with E-state index in [-0.39, 0.29) is 18.0 Å².